The zero-order valence-corrected chi connectivity index (χ0v) is 15.5. The van der Waals surface area contributed by atoms with Gasteiger partial charge in [-0.05, 0) is 25.0 Å². The van der Waals surface area contributed by atoms with Crippen LogP contribution in [0.3, 0.4) is 0 Å². The zero-order chi connectivity index (χ0) is 18.2. The summed E-state index contributed by atoms with van der Waals surface area (Å²) >= 11 is 0. The molecule has 5 nitrogen and oxygen atoms in total. The predicted molar refractivity (Wildman–Crippen MR) is 97.0 cm³/mol. The minimum Gasteiger partial charge on any atom is -0.497 e. The number of ether oxygens (including phenoxy) is 1. The topological polar surface area (TPSA) is 61.2 Å². The molecule has 5 heteroatoms. The molecule has 1 aliphatic rings. The van der Waals surface area contributed by atoms with Crippen LogP contribution >= 0.6 is 0 Å². The van der Waals surface area contributed by atoms with Gasteiger partial charge in [-0.3, -0.25) is 14.3 Å². The van der Waals surface area contributed by atoms with Gasteiger partial charge in [0.2, 0.25) is 0 Å². The maximum absolute atomic E-state index is 12.9. The summed E-state index contributed by atoms with van der Waals surface area (Å²) in [6.07, 6.45) is 4.07. The highest BCUT2D eigenvalue weighted by Crippen LogP contribution is 2.32. The number of fused-ring (bicyclic) bond motifs is 1. The number of hydrogen-bond acceptors (Lipinski definition) is 4. The zero-order valence-electron chi connectivity index (χ0n) is 15.5. The van der Waals surface area contributed by atoms with Crippen molar-refractivity contribution in [1.82, 2.24) is 9.78 Å². The number of benzene rings is 1. The van der Waals surface area contributed by atoms with Crippen molar-refractivity contribution in [1.29, 1.82) is 0 Å². The molecule has 1 aromatic carbocycles. The Labute approximate surface area is 148 Å². The van der Waals surface area contributed by atoms with Crippen molar-refractivity contribution in [3.63, 3.8) is 0 Å². The van der Waals surface area contributed by atoms with Crippen LogP contribution in [0.2, 0.25) is 0 Å². The molecular formula is C20H26N2O3. The number of rotatable bonds is 5. The van der Waals surface area contributed by atoms with Crippen molar-refractivity contribution < 1.29 is 14.3 Å². The van der Waals surface area contributed by atoms with E-state index in [1.807, 2.05) is 39.0 Å². The summed E-state index contributed by atoms with van der Waals surface area (Å²) in [7, 11) is 1.60. The number of hydrogen-bond donors (Lipinski definition) is 0. The van der Waals surface area contributed by atoms with Gasteiger partial charge in [0.15, 0.2) is 11.6 Å². The van der Waals surface area contributed by atoms with Crippen molar-refractivity contribution in [2.75, 3.05) is 7.11 Å². The molecule has 0 saturated heterocycles. The Bertz CT molecular complexity index is 808. The van der Waals surface area contributed by atoms with Crippen molar-refractivity contribution in [2.24, 2.45) is 11.3 Å². The predicted octanol–water partition coefficient (Wildman–Crippen LogP) is 4.03. The SMILES string of the molecule is COc1ccc2c(C(=O)C3CCCC3)nn(CC(=O)C(C)(C)C)c2c1. The molecule has 0 spiro atoms. The minimum absolute atomic E-state index is 0.0620. The average Bonchev–Trinajstić information content (AvgIpc) is 3.21. The fraction of sp³-hybridized carbons (Fsp3) is 0.550. The summed E-state index contributed by atoms with van der Waals surface area (Å²) in [4.78, 5) is 25.4. The molecule has 25 heavy (non-hydrogen) atoms. The highest BCUT2D eigenvalue weighted by atomic mass is 16.5. The lowest BCUT2D eigenvalue weighted by Crippen LogP contribution is -2.25. The number of Topliss-reactive ketones (excluding diaryl/α,β-unsaturated/α-hetero) is 2. The molecule has 0 aliphatic heterocycles. The molecule has 1 aromatic heterocycles. The summed E-state index contributed by atoms with van der Waals surface area (Å²) < 4.78 is 6.97. The van der Waals surface area contributed by atoms with Crippen LogP contribution < -0.4 is 4.74 Å². The molecule has 1 heterocycles. The Balaban J connectivity index is 2.05. The smallest absolute Gasteiger partial charge is 0.186 e. The van der Waals surface area contributed by atoms with E-state index in [1.54, 1.807) is 11.8 Å². The van der Waals surface area contributed by atoms with E-state index in [2.05, 4.69) is 5.10 Å². The van der Waals surface area contributed by atoms with E-state index in [0.29, 0.717) is 11.4 Å². The van der Waals surface area contributed by atoms with E-state index in [1.165, 1.54) is 0 Å². The molecule has 0 bridgehead atoms. The lowest BCUT2D eigenvalue weighted by molar-refractivity contribution is -0.127. The molecular weight excluding hydrogens is 316 g/mol. The third-order valence-corrected chi connectivity index (χ3v) is 5.05. The van der Waals surface area contributed by atoms with Crippen LogP contribution in [-0.4, -0.2) is 28.5 Å². The third kappa shape index (κ3) is 3.46. The van der Waals surface area contributed by atoms with E-state index in [-0.39, 0.29) is 24.0 Å². The third-order valence-electron chi connectivity index (χ3n) is 5.05. The van der Waals surface area contributed by atoms with Gasteiger partial charge in [-0.15, -0.1) is 0 Å². The van der Waals surface area contributed by atoms with Crippen LogP contribution in [0.4, 0.5) is 0 Å². The molecule has 3 rings (SSSR count). The molecule has 0 unspecified atom stereocenters. The maximum Gasteiger partial charge on any atom is 0.186 e. The highest BCUT2D eigenvalue weighted by Gasteiger charge is 2.29. The van der Waals surface area contributed by atoms with Crippen LogP contribution in [0.25, 0.3) is 10.9 Å². The first-order valence-corrected chi connectivity index (χ1v) is 8.93. The van der Waals surface area contributed by atoms with E-state index >= 15 is 0 Å². The molecule has 1 aliphatic carbocycles. The lowest BCUT2D eigenvalue weighted by Gasteiger charge is -2.16. The van der Waals surface area contributed by atoms with Gasteiger partial charge in [-0.25, -0.2) is 0 Å². The Morgan fingerprint density at radius 3 is 2.52 bits per heavy atom. The molecule has 0 atom stereocenters. The number of ketones is 2. The molecule has 2 aromatic rings. The summed E-state index contributed by atoms with van der Waals surface area (Å²) in [5, 5.41) is 5.36. The van der Waals surface area contributed by atoms with Crippen LogP contribution in [0.15, 0.2) is 18.2 Å². The van der Waals surface area contributed by atoms with Gasteiger partial charge in [0.25, 0.3) is 0 Å². The number of aromatic nitrogens is 2. The van der Waals surface area contributed by atoms with Crippen molar-refractivity contribution in [2.45, 2.75) is 53.0 Å². The van der Waals surface area contributed by atoms with Crippen molar-refractivity contribution in [3.05, 3.63) is 23.9 Å². The Morgan fingerprint density at radius 1 is 1.24 bits per heavy atom. The van der Waals surface area contributed by atoms with E-state index in [9.17, 15) is 9.59 Å². The first-order valence-electron chi connectivity index (χ1n) is 8.93. The molecule has 1 fully saturated rings. The standard InChI is InChI=1S/C20H26N2O3/c1-20(2,3)17(23)12-22-16-11-14(25-4)9-10-15(16)18(21-22)19(24)13-7-5-6-8-13/h9-11,13H,5-8,12H2,1-4H3. The van der Waals surface area contributed by atoms with E-state index in [4.69, 9.17) is 4.74 Å². The normalized spacial score (nSPS) is 15.7. The van der Waals surface area contributed by atoms with E-state index in [0.717, 1.165) is 36.6 Å². The molecule has 134 valence electrons. The summed E-state index contributed by atoms with van der Waals surface area (Å²) in [5.74, 6) is 0.943. The monoisotopic (exact) mass is 342 g/mol. The van der Waals surface area contributed by atoms with Gasteiger partial charge < -0.3 is 4.74 Å². The number of methoxy groups -OCH3 is 1. The second-order valence-electron chi connectivity index (χ2n) is 7.91. The minimum atomic E-state index is -0.452. The van der Waals surface area contributed by atoms with Crippen LogP contribution in [0.1, 0.15) is 56.9 Å². The van der Waals surface area contributed by atoms with Gasteiger partial charge in [0.1, 0.15) is 18.0 Å². The molecule has 1 saturated carbocycles. The molecule has 0 N–H and O–H groups in total. The summed E-state index contributed by atoms with van der Waals surface area (Å²) in [6.45, 7) is 5.84. The highest BCUT2D eigenvalue weighted by molar-refractivity contribution is 6.07. The fourth-order valence-corrected chi connectivity index (χ4v) is 3.34. The van der Waals surface area contributed by atoms with Gasteiger partial charge in [0, 0.05) is 22.8 Å². The first kappa shape index (κ1) is 17.6. The largest absolute Gasteiger partial charge is 0.497 e. The number of carbonyl (C=O) groups excluding carboxylic acids is 2. The van der Waals surface area contributed by atoms with Gasteiger partial charge >= 0.3 is 0 Å². The summed E-state index contributed by atoms with van der Waals surface area (Å²) in [5.41, 5.74) is 0.816. The quantitative estimate of drug-likeness (QED) is 0.770. The Morgan fingerprint density at radius 2 is 1.92 bits per heavy atom. The fourth-order valence-electron chi connectivity index (χ4n) is 3.34. The Kier molecular flexibility index (Phi) is 4.67. The Hall–Kier alpha value is -2.17. The van der Waals surface area contributed by atoms with Gasteiger partial charge in [-0.2, -0.15) is 5.10 Å². The number of carbonyl (C=O) groups is 2. The van der Waals surface area contributed by atoms with Crippen molar-refractivity contribution >= 4 is 22.5 Å². The maximum atomic E-state index is 12.9. The average molecular weight is 342 g/mol. The van der Waals surface area contributed by atoms with Crippen LogP contribution in [0, 0.1) is 11.3 Å². The number of nitrogens with zero attached hydrogens (tertiary/aromatic N) is 2. The lowest BCUT2D eigenvalue weighted by atomic mass is 9.91. The van der Waals surface area contributed by atoms with Gasteiger partial charge in [0.05, 0.1) is 12.6 Å². The van der Waals surface area contributed by atoms with Crippen LogP contribution in [-0.2, 0) is 11.3 Å². The second-order valence-corrected chi connectivity index (χ2v) is 7.91. The van der Waals surface area contributed by atoms with Crippen molar-refractivity contribution in [3.8, 4) is 5.75 Å². The summed E-state index contributed by atoms with van der Waals surface area (Å²) in [6, 6.07) is 5.57. The molecule has 0 radical (unpaired) electrons. The molecule has 0 amide bonds. The van der Waals surface area contributed by atoms with Gasteiger partial charge in [-0.1, -0.05) is 33.6 Å². The first-order chi connectivity index (χ1) is 11.8. The second kappa shape index (κ2) is 6.62. The van der Waals surface area contributed by atoms with E-state index < -0.39 is 5.41 Å². The van der Waals surface area contributed by atoms with Crippen LogP contribution in [0.5, 0.6) is 5.75 Å².